The van der Waals surface area contributed by atoms with Gasteiger partial charge in [-0.05, 0) is 39.2 Å². The van der Waals surface area contributed by atoms with E-state index < -0.39 is 0 Å². The van der Waals surface area contributed by atoms with Crippen LogP contribution in [0.4, 0.5) is 0 Å². The molecule has 0 spiro atoms. The van der Waals surface area contributed by atoms with E-state index in [0.717, 1.165) is 19.1 Å². The Kier molecular flexibility index (Phi) is 4.40. The number of carbonyl (C=O) groups excluding carboxylic acids is 1. The molecule has 17 heavy (non-hydrogen) atoms. The van der Waals surface area contributed by atoms with E-state index in [-0.39, 0.29) is 11.9 Å². The van der Waals surface area contributed by atoms with Crippen molar-refractivity contribution in [2.75, 3.05) is 20.1 Å². The third kappa shape index (κ3) is 3.42. The highest BCUT2D eigenvalue weighted by Gasteiger charge is 2.31. The van der Waals surface area contributed by atoms with Gasteiger partial charge in [-0.3, -0.25) is 9.69 Å². The molecule has 4 nitrogen and oxygen atoms in total. The van der Waals surface area contributed by atoms with E-state index in [2.05, 4.69) is 15.5 Å². The third-order valence-electron chi connectivity index (χ3n) is 4.02. The molecular weight excluding hydrogens is 214 g/mol. The second-order valence-corrected chi connectivity index (χ2v) is 5.36. The molecule has 0 bridgehead atoms. The van der Waals surface area contributed by atoms with Crippen LogP contribution in [-0.4, -0.2) is 49.1 Å². The van der Waals surface area contributed by atoms with Crippen LogP contribution in [-0.2, 0) is 4.79 Å². The van der Waals surface area contributed by atoms with E-state index >= 15 is 0 Å². The van der Waals surface area contributed by atoms with Gasteiger partial charge < -0.3 is 10.6 Å². The summed E-state index contributed by atoms with van der Waals surface area (Å²) in [4.78, 5) is 14.1. The monoisotopic (exact) mass is 239 g/mol. The Morgan fingerprint density at radius 2 is 2.12 bits per heavy atom. The number of rotatable bonds is 5. The normalized spacial score (nSPS) is 27.8. The summed E-state index contributed by atoms with van der Waals surface area (Å²) in [5.41, 5.74) is 0. The van der Waals surface area contributed by atoms with Crippen LogP contribution in [0.2, 0.25) is 0 Å². The Hall–Kier alpha value is -0.610. The van der Waals surface area contributed by atoms with Crippen LogP contribution in [0.3, 0.4) is 0 Å². The van der Waals surface area contributed by atoms with Gasteiger partial charge >= 0.3 is 0 Å². The lowest BCUT2D eigenvalue weighted by Crippen LogP contribution is -2.54. The summed E-state index contributed by atoms with van der Waals surface area (Å²) in [5, 5.41) is 6.35. The van der Waals surface area contributed by atoms with Crippen LogP contribution in [0.5, 0.6) is 0 Å². The smallest absolute Gasteiger partial charge is 0.236 e. The Bertz CT molecular complexity index is 265. The quantitative estimate of drug-likeness (QED) is 0.743. The fourth-order valence-electron chi connectivity index (χ4n) is 2.70. The molecule has 0 aromatic carbocycles. The maximum atomic E-state index is 11.7. The van der Waals surface area contributed by atoms with E-state index in [1.165, 1.54) is 32.1 Å². The molecule has 1 saturated carbocycles. The second-order valence-electron chi connectivity index (χ2n) is 5.36. The van der Waals surface area contributed by atoms with Crippen LogP contribution < -0.4 is 10.6 Å². The molecule has 4 heteroatoms. The molecule has 1 aliphatic carbocycles. The van der Waals surface area contributed by atoms with Gasteiger partial charge in [-0.15, -0.1) is 0 Å². The maximum absolute atomic E-state index is 11.7. The highest BCUT2D eigenvalue weighted by atomic mass is 16.2. The van der Waals surface area contributed by atoms with Crippen molar-refractivity contribution in [3.63, 3.8) is 0 Å². The summed E-state index contributed by atoms with van der Waals surface area (Å²) in [6, 6.07) is 1.30. The molecule has 0 radical (unpaired) electrons. The van der Waals surface area contributed by atoms with Gasteiger partial charge in [-0.2, -0.15) is 0 Å². The van der Waals surface area contributed by atoms with Crippen molar-refractivity contribution in [3.8, 4) is 0 Å². The molecule has 1 aliphatic heterocycles. The summed E-state index contributed by atoms with van der Waals surface area (Å²) in [6.45, 7) is 4.13. The van der Waals surface area contributed by atoms with E-state index in [1.807, 2.05) is 6.92 Å². The summed E-state index contributed by atoms with van der Waals surface area (Å²) < 4.78 is 0. The zero-order valence-corrected chi connectivity index (χ0v) is 11.0. The first-order valence-corrected chi connectivity index (χ1v) is 6.93. The number of piperidine rings is 1. The van der Waals surface area contributed by atoms with Gasteiger partial charge in [0, 0.05) is 25.7 Å². The van der Waals surface area contributed by atoms with Gasteiger partial charge in [-0.25, -0.2) is 0 Å². The van der Waals surface area contributed by atoms with E-state index in [4.69, 9.17) is 0 Å². The summed E-state index contributed by atoms with van der Waals surface area (Å²) >= 11 is 0. The van der Waals surface area contributed by atoms with Crippen LogP contribution in [0, 0.1) is 0 Å². The Morgan fingerprint density at radius 3 is 2.76 bits per heavy atom. The van der Waals surface area contributed by atoms with Crippen LogP contribution in [0.1, 0.15) is 39.0 Å². The Morgan fingerprint density at radius 1 is 1.35 bits per heavy atom. The zero-order chi connectivity index (χ0) is 12.3. The van der Waals surface area contributed by atoms with Gasteiger partial charge in [0.2, 0.25) is 5.91 Å². The van der Waals surface area contributed by atoms with Crippen molar-refractivity contribution in [1.82, 2.24) is 15.5 Å². The number of hydrogen-bond acceptors (Lipinski definition) is 3. The lowest BCUT2D eigenvalue weighted by atomic mass is 9.99. The van der Waals surface area contributed by atoms with Crippen molar-refractivity contribution in [1.29, 1.82) is 0 Å². The topological polar surface area (TPSA) is 44.4 Å². The number of nitrogens with one attached hydrogen (secondary N) is 2. The first-order chi connectivity index (χ1) is 8.22. The lowest BCUT2D eigenvalue weighted by molar-refractivity contribution is -0.126. The molecule has 1 saturated heterocycles. The average Bonchev–Trinajstić information content (AvgIpc) is 3.19. The fraction of sp³-hybridized carbons (Fsp3) is 0.923. The lowest BCUT2D eigenvalue weighted by Gasteiger charge is -2.39. The fourth-order valence-corrected chi connectivity index (χ4v) is 2.70. The largest absolute Gasteiger partial charge is 0.358 e. The van der Waals surface area contributed by atoms with Crippen LogP contribution in [0.15, 0.2) is 0 Å². The van der Waals surface area contributed by atoms with E-state index in [9.17, 15) is 4.79 Å². The van der Waals surface area contributed by atoms with Crippen molar-refractivity contribution >= 4 is 5.91 Å². The van der Waals surface area contributed by atoms with Crippen LogP contribution >= 0.6 is 0 Å². The van der Waals surface area contributed by atoms with E-state index in [0.29, 0.717) is 6.04 Å². The van der Waals surface area contributed by atoms with Crippen molar-refractivity contribution in [3.05, 3.63) is 0 Å². The van der Waals surface area contributed by atoms with E-state index in [1.54, 1.807) is 7.05 Å². The molecule has 2 fully saturated rings. The van der Waals surface area contributed by atoms with Gasteiger partial charge in [-0.1, -0.05) is 6.42 Å². The number of hydrogen-bond donors (Lipinski definition) is 2. The minimum Gasteiger partial charge on any atom is -0.358 e. The molecule has 2 atom stereocenters. The second kappa shape index (κ2) is 5.83. The van der Waals surface area contributed by atoms with Crippen molar-refractivity contribution in [2.24, 2.45) is 0 Å². The third-order valence-corrected chi connectivity index (χ3v) is 4.02. The van der Waals surface area contributed by atoms with Gasteiger partial charge in [0.1, 0.15) is 0 Å². The predicted octanol–water partition coefficient (Wildman–Crippen LogP) is 0.727. The number of nitrogens with zero attached hydrogens (tertiary/aromatic N) is 1. The van der Waals surface area contributed by atoms with Crippen molar-refractivity contribution < 1.29 is 4.79 Å². The first kappa shape index (κ1) is 12.8. The number of amides is 1. The number of likely N-dealkylation sites (N-methyl/N-ethyl adjacent to an activating group) is 1. The molecule has 98 valence electrons. The predicted molar refractivity (Wildman–Crippen MR) is 68.9 cm³/mol. The Labute approximate surface area is 104 Å². The SMILES string of the molecule is CNC(=O)C(C)N1CCCCC1CNC1CC1. The highest BCUT2D eigenvalue weighted by molar-refractivity contribution is 5.81. The van der Waals surface area contributed by atoms with Gasteiger partial charge in [0.15, 0.2) is 0 Å². The van der Waals surface area contributed by atoms with Gasteiger partial charge in [0.25, 0.3) is 0 Å². The highest BCUT2D eigenvalue weighted by Crippen LogP contribution is 2.22. The summed E-state index contributed by atoms with van der Waals surface area (Å²) in [6.07, 6.45) is 6.41. The molecule has 1 amide bonds. The summed E-state index contributed by atoms with van der Waals surface area (Å²) in [7, 11) is 1.72. The summed E-state index contributed by atoms with van der Waals surface area (Å²) in [5.74, 6) is 0.142. The molecular formula is C13H25N3O. The average molecular weight is 239 g/mol. The molecule has 2 aliphatic rings. The molecule has 2 N–H and O–H groups in total. The minimum absolute atomic E-state index is 0.00584. The first-order valence-electron chi connectivity index (χ1n) is 6.93. The molecule has 0 aromatic rings. The molecule has 1 heterocycles. The maximum Gasteiger partial charge on any atom is 0.236 e. The number of carbonyl (C=O) groups is 1. The van der Waals surface area contributed by atoms with Gasteiger partial charge in [0.05, 0.1) is 6.04 Å². The zero-order valence-electron chi connectivity index (χ0n) is 11.0. The van der Waals surface area contributed by atoms with Crippen molar-refractivity contribution in [2.45, 2.75) is 57.2 Å². The minimum atomic E-state index is 0.00584. The standard InChI is InChI=1S/C13H25N3O/c1-10(13(17)14-2)16-8-4-3-5-12(16)9-15-11-6-7-11/h10-12,15H,3-9H2,1-2H3,(H,14,17). The van der Waals surface area contributed by atoms with Crippen LogP contribution in [0.25, 0.3) is 0 Å². The Balaban J connectivity index is 1.87. The molecule has 2 unspecified atom stereocenters. The number of likely N-dealkylation sites (tertiary alicyclic amines) is 1. The molecule has 2 rings (SSSR count). The molecule has 0 aromatic heterocycles.